The van der Waals surface area contributed by atoms with Gasteiger partial charge < -0.3 is 5.32 Å². The van der Waals surface area contributed by atoms with Gasteiger partial charge in [0.15, 0.2) is 0 Å². The van der Waals surface area contributed by atoms with Gasteiger partial charge >= 0.3 is 0 Å². The Morgan fingerprint density at radius 1 is 1.40 bits per heavy atom. The summed E-state index contributed by atoms with van der Waals surface area (Å²) in [5.41, 5.74) is 1.73. The van der Waals surface area contributed by atoms with Crippen LogP contribution in [-0.2, 0) is 0 Å². The highest BCUT2D eigenvalue weighted by atomic mass is 14.9. The average Bonchev–Trinajstić information content (AvgIpc) is 3.09. The average molecular weight is 198 g/mol. The first-order chi connectivity index (χ1) is 7.40. The number of hydrogen-bond donors (Lipinski definition) is 1. The summed E-state index contributed by atoms with van der Waals surface area (Å²) >= 11 is 0. The third-order valence-corrected chi connectivity index (χ3v) is 2.48. The molecule has 0 spiro atoms. The van der Waals surface area contributed by atoms with Crippen LogP contribution in [0.5, 0.6) is 0 Å². The Balaban J connectivity index is 1.93. The van der Waals surface area contributed by atoms with Crippen LogP contribution in [0.4, 0.5) is 0 Å². The van der Waals surface area contributed by atoms with Crippen LogP contribution in [0.25, 0.3) is 6.08 Å². The van der Waals surface area contributed by atoms with Crippen LogP contribution in [0.1, 0.15) is 24.0 Å². The van der Waals surface area contributed by atoms with Crippen LogP contribution < -0.4 is 5.32 Å². The van der Waals surface area contributed by atoms with E-state index in [1.165, 1.54) is 12.8 Å². The third kappa shape index (κ3) is 2.93. The lowest BCUT2D eigenvalue weighted by atomic mass is 10.1. The monoisotopic (exact) mass is 198 g/mol. The number of rotatable bonds is 4. The van der Waals surface area contributed by atoms with Crippen molar-refractivity contribution in [1.82, 2.24) is 5.32 Å². The van der Waals surface area contributed by atoms with E-state index >= 15 is 0 Å². The minimum absolute atomic E-state index is 0.736. The zero-order valence-electron chi connectivity index (χ0n) is 8.61. The summed E-state index contributed by atoms with van der Waals surface area (Å²) in [5.74, 6) is 0. The Morgan fingerprint density at radius 3 is 2.93 bits per heavy atom. The van der Waals surface area contributed by atoms with Gasteiger partial charge in [-0.25, -0.2) is 0 Å². The summed E-state index contributed by atoms with van der Waals surface area (Å²) in [5, 5.41) is 12.3. The van der Waals surface area contributed by atoms with Crippen molar-refractivity contribution in [2.75, 3.05) is 6.54 Å². The summed E-state index contributed by atoms with van der Waals surface area (Å²) in [6, 6.07) is 10.6. The molecule has 1 fully saturated rings. The first-order valence-corrected chi connectivity index (χ1v) is 5.29. The number of nitrogens with one attached hydrogen (secondary N) is 1. The van der Waals surface area contributed by atoms with E-state index in [-0.39, 0.29) is 0 Å². The van der Waals surface area contributed by atoms with Crippen molar-refractivity contribution in [2.24, 2.45) is 0 Å². The molecule has 0 aromatic heterocycles. The van der Waals surface area contributed by atoms with Crippen molar-refractivity contribution in [3.63, 3.8) is 0 Å². The molecule has 15 heavy (non-hydrogen) atoms. The highest BCUT2D eigenvalue weighted by Gasteiger charge is 2.18. The fourth-order valence-electron chi connectivity index (χ4n) is 1.45. The van der Waals surface area contributed by atoms with E-state index in [1.54, 1.807) is 0 Å². The van der Waals surface area contributed by atoms with E-state index in [1.807, 2.05) is 30.3 Å². The Hall–Kier alpha value is -1.59. The van der Waals surface area contributed by atoms with Crippen LogP contribution in [0.2, 0.25) is 0 Å². The normalized spacial score (nSPS) is 15.4. The topological polar surface area (TPSA) is 35.8 Å². The molecule has 0 atom stereocenters. The van der Waals surface area contributed by atoms with Crippen molar-refractivity contribution in [3.8, 4) is 6.07 Å². The SMILES string of the molecule is N#Cc1ccccc1/C=C/CNC1CC1. The molecule has 1 aromatic carbocycles. The number of hydrogen-bond acceptors (Lipinski definition) is 2. The number of benzene rings is 1. The first kappa shape index (κ1) is 9.95. The minimum atomic E-state index is 0.736. The molecule has 0 radical (unpaired) electrons. The van der Waals surface area contributed by atoms with Gasteiger partial charge in [0.2, 0.25) is 0 Å². The molecule has 1 aliphatic carbocycles. The molecule has 0 aliphatic heterocycles. The van der Waals surface area contributed by atoms with Crippen LogP contribution in [0, 0.1) is 11.3 Å². The third-order valence-electron chi connectivity index (χ3n) is 2.48. The summed E-state index contributed by atoms with van der Waals surface area (Å²) in [6.45, 7) is 0.893. The second-order valence-electron chi connectivity index (χ2n) is 3.78. The number of nitrogens with zero attached hydrogens (tertiary/aromatic N) is 1. The summed E-state index contributed by atoms with van der Waals surface area (Å²) in [6.07, 6.45) is 6.70. The standard InChI is InChI=1S/C13H14N2/c14-10-12-5-2-1-4-11(12)6-3-9-15-13-7-8-13/h1-6,13,15H,7-9H2/b6-3+. The molecule has 76 valence electrons. The molecule has 0 unspecified atom stereocenters. The van der Waals surface area contributed by atoms with Crippen LogP contribution in [-0.4, -0.2) is 12.6 Å². The van der Waals surface area contributed by atoms with Gasteiger partial charge in [0, 0.05) is 12.6 Å². The van der Waals surface area contributed by atoms with Crippen molar-refractivity contribution in [1.29, 1.82) is 5.26 Å². The molecule has 2 rings (SSSR count). The fourth-order valence-corrected chi connectivity index (χ4v) is 1.45. The van der Waals surface area contributed by atoms with Gasteiger partial charge in [-0.15, -0.1) is 0 Å². The van der Waals surface area contributed by atoms with Crippen molar-refractivity contribution >= 4 is 6.08 Å². The predicted molar refractivity (Wildman–Crippen MR) is 61.2 cm³/mol. The Morgan fingerprint density at radius 2 is 2.20 bits per heavy atom. The van der Waals surface area contributed by atoms with E-state index < -0.39 is 0 Å². The molecular weight excluding hydrogens is 184 g/mol. The molecule has 1 N–H and O–H groups in total. The first-order valence-electron chi connectivity index (χ1n) is 5.29. The summed E-state index contributed by atoms with van der Waals surface area (Å²) in [4.78, 5) is 0. The zero-order chi connectivity index (χ0) is 10.5. The van der Waals surface area contributed by atoms with E-state index in [9.17, 15) is 0 Å². The fraction of sp³-hybridized carbons (Fsp3) is 0.308. The molecule has 0 heterocycles. The molecule has 1 saturated carbocycles. The van der Waals surface area contributed by atoms with Crippen molar-refractivity contribution in [3.05, 3.63) is 41.5 Å². The summed E-state index contributed by atoms with van der Waals surface area (Å²) in [7, 11) is 0. The highest BCUT2D eigenvalue weighted by Crippen LogP contribution is 2.18. The molecular formula is C13H14N2. The predicted octanol–water partition coefficient (Wildman–Crippen LogP) is 2.32. The van der Waals surface area contributed by atoms with E-state index in [0.717, 1.165) is 23.7 Å². The van der Waals surface area contributed by atoms with Crippen LogP contribution in [0.3, 0.4) is 0 Å². The van der Waals surface area contributed by atoms with E-state index in [0.29, 0.717) is 0 Å². The van der Waals surface area contributed by atoms with Gasteiger partial charge in [-0.1, -0.05) is 30.4 Å². The molecule has 2 heteroatoms. The molecule has 2 nitrogen and oxygen atoms in total. The summed E-state index contributed by atoms with van der Waals surface area (Å²) < 4.78 is 0. The molecule has 1 aliphatic rings. The maximum absolute atomic E-state index is 8.87. The second kappa shape index (κ2) is 4.77. The lowest BCUT2D eigenvalue weighted by Gasteiger charge is -1.97. The largest absolute Gasteiger partial charge is 0.311 e. The van der Waals surface area contributed by atoms with Crippen LogP contribution >= 0.6 is 0 Å². The van der Waals surface area contributed by atoms with Crippen molar-refractivity contribution in [2.45, 2.75) is 18.9 Å². The van der Waals surface area contributed by atoms with E-state index in [2.05, 4.69) is 17.5 Å². The molecule has 1 aromatic rings. The van der Waals surface area contributed by atoms with Gasteiger partial charge in [0.1, 0.15) is 0 Å². The van der Waals surface area contributed by atoms with Gasteiger partial charge in [0.25, 0.3) is 0 Å². The van der Waals surface area contributed by atoms with Gasteiger partial charge in [-0.3, -0.25) is 0 Å². The van der Waals surface area contributed by atoms with Gasteiger partial charge in [-0.2, -0.15) is 5.26 Å². The van der Waals surface area contributed by atoms with Crippen molar-refractivity contribution < 1.29 is 0 Å². The Labute approximate surface area is 90.2 Å². The smallest absolute Gasteiger partial charge is 0.0997 e. The maximum Gasteiger partial charge on any atom is 0.0997 e. The van der Waals surface area contributed by atoms with Gasteiger partial charge in [-0.05, 0) is 24.5 Å². The van der Waals surface area contributed by atoms with E-state index in [4.69, 9.17) is 5.26 Å². The maximum atomic E-state index is 8.87. The quantitative estimate of drug-likeness (QED) is 0.806. The van der Waals surface area contributed by atoms with Crippen LogP contribution in [0.15, 0.2) is 30.3 Å². The molecule has 0 amide bonds. The molecule has 0 saturated heterocycles. The lowest BCUT2D eigenvalue weighted by Crippen LogP contribution is -2.15. The lowest BCUT2D eigenvalue weighted by molar-refractivity contribution is 0.754. The minimum Gasteiger partial charge on any atom is -0.311 e. The Kier molecular flexibility index (Phi) is 3.16. The molecule has 0 bridgehead atoms. The second-order valence-corrected chi connectivity index (χ2v) is 3.78. The zero-order valence-corrected chi connectivity index (χ0v) is 8.61. The highest BCUT2D eigenvalue weighted by molar-refractivity contribution is 5.57. The Bertz CT molecular complexity index is 397. The van der Waals surface area contributed by atoms with Gasteiger partial charge in [0.05, 0.1) is 11.6 Å². The number of nitriles is 1.